The van der Waals surface area contributed by atoms with E-state index in [1.165, 1.54) is 0 Å². The minimum Gasteiger partial charge on any atom is -0.478 e. The van der Waals surface area contributed by atoms with Gasteiger partial charge in [0.15, 0.2) is 5.65 Å². The fourth-order valence-electron chi connectivity index (χ4n) is 3.22. The molecule has 0 atom stereocenters. The van der Waals surface area contributed by atoms with Crippen molar-refractivity contribution in [2.24, 2.45) is 0 Å². The first-order chi connectivity index (χ1) is 13.6. The van der Waals surface area contributed by atoms with Crippen molar-refractivity contribution in [3.63, 3.8) is 0 Å². The van der Waals surface area contributed by atoms with Crippen molar-refractivity contribution >= 4 is 40.2 Å². The predicted molar refractivity (Wildman–Crippen MR) is 109 cm³/mol. The fraction of sp³-hybridized carbons (Fsp3) is 0.0455. The smallest absolute Gasteiger partial charge is 0.328 e. The van der Waals surface area contributed by atoms with Gasteiger partial charge in [0, 0.05) is 11.8 Å². The molecule has 4 rings (SSSR count). The zero-order valence-corrected chi connectivity index (χ0v) is 15.0. The van der Waals surface area contributed by atoms with Crippen molar-refractivity contribution in [2.75, 3.05) is 5.32 Å². The Morgan fingerprint density at radius 1 is 1.21 bits per heavy atom. The van der Waals surface area contributed by atoms with E-state index < -0.39 is 5.97 Å². The van der Waals surface area contributed by atoms with Crippen LogP contribution in [0.4, 0.5) is 11.5 Å². The molecule has 0 aliphatic rings. The van der Waals surface area contributed by atoms with E-state index in [1.807, 2.05) is 65.9 Å². The number of imidazole rings is 1. The molecule has 6 nitrogen and oxygen atoms in total. The normalized spacial score (nSPS) is 11.1. The molecule has 2 N–H and O–H groups in total. The van der Waals surface area contributed by atoms with E-state index in [-0.39, 0.29) is 0 Å². The summed E-state index contributed by atoms with van der Waals surface area (Å²) in [6.07, 6.45) is 2.65. The van der Waals surface area contributed by atoms with Crippen LogP contribution in [0.15, 0.2) is 60.7 Å². The van der Waals surface area contributed by atoms with E-state index in [1.54, 1.807) is 6.08 Å². The molecule has 2 aromatic heterocycles. The van der Waals surface area contributed by atoms with Crippen LogP contribution in [0.2, 0.25) is 0 Å². The molecule has 136 valence electrons. The topological polar surface area (TPSA) is 90.4 Å². The van der Waals surface area contributed by atoms with Crippen LogP contribution in [0.1, 0.15) is 16.7 Å². The Hall–Kier alpha value is -4.11. The number of fused-ring (bicyclic) bond motifs is 3. The number of pyridine rings is 1. The Morgan fingerprint density at radius 3 is 2.82 bits per heavy atom. The summed E-state index contributed by atoms with van der Waals surface area (Å²) in [4.78, 5) is 15.4. The molecular weight excluding hydrogens is 352 g/mol. The molecule has 0 fully saturated rings. The zero-order valence-electron chi connectivity index (χ0n) is 15.0. The van der Waals surface area contributed by atoms with Crippen molar-refractivity contribution in [1.29, 1.82) is 5.26 Å². The lowest BCUT2D eigenvalue weighted by atomic mass is 10.1. The number of hydrogen-bond acceptors (Lipinski definition) is 4. The number of benzene rings is 2. The summed E-state index contributed by atoms with van der Waals surface area (Å²) in [5.41, 5.74) is 5.26. The van der Waals surface area contributed by atoms with Crippen LogP contribution in [0.3, 0.4) is 0 Å². The van der Waals surface area contributed by atoms with Crippen molar-refractivity contribution in [3.8, 4) is 6.07 Å². The van der Waals surface area contributed by atoms with Crippen molar-refractivity contribution < 1.29 is 9.90 Å². The maximum Gasteiger partial charge on any atom is 0.328 e. The molecule has 0 saturated heterocycles. The molecule has 2 aromatic carbocycles. The van der Waals surface area contributed by atoms with Gasteiger partial charge in [-0.3, -0.25) is 4.40 Å². The lowest BCUT2D eigenvalue weighted by molar-refractivity contribution is -0.131. The third-order valence-corrected chi connectivity index (χ3v) is 4.46. The lowest BCUT2D eigenvalue weighted by Gasteiger charge is -2.13. The van der Waals surface area contributed by atoms with E-state index >= 15 is 0 Å². The van der Waals surface area contributed by atoms with Gasteiger partial charge in [-0.1, -0.05) is 24.3 Å². The van der Waals surface area contributed by atoms with Gasteiger partial charge in [-0.2, -0.15) is 5.26 Å². The molecule has 0 amide bonds. The first kappa shape index (κ1) is 17.3. The van der Waals surface area contributed by atoms with Gasteiger partial charge in [0.05, 0.1) is 16.6 Å². The Bertz CT molecular complexity index is 1300. The average molecular weight is 368 g/mol. The van der Waals surface area contributed by atoms with Crippen molar-refractivity contribution in [3.05, 3.63) is 77.4 Å². The van der Waals surface area contributed by atoms with Gasteiger partial charge in [0.25, 0.3) is 0 Å². The SMILES string of the molecule is Cc1cc(Nc2cccc(/C=C\C(=O)O)c2)n2c(nc3ccccc32)c1C#N. The van der Waals surface area contributed by atoms with E-state index in [2.05, 4.69) is 16.4 Å². The van der Waals surface area contributed by atoms with E-state index in [0.717, 1.165) is 39.7 Å². The van der Waals surface area contributed by atoms with E-state index in [4.69, 9.17) is 5.11 Å². The molecule has 0 spiro atoms. The number of anilines is 2. The molecule has 0 saturated carbocycles. The molecule has 0 aliphatic carbocycles. The first-order valence-corrected chi connectivity index (χ1v) is 8.66. The van der Waals surface area contributed by atoms with Crippen LogP contribution in [-0.4, -0.2) is 20.5 Å². The van der Waals surface area contributed by atoms with Crippen LogP contribution < -0.4 is 5.32 Å². The number of nitrogens with zero attached hydrogens (tertiary/aromatic N) is 3. The van der Waals surface area contributed by atoms with Gasteiger partial charge in [-0.15, -0.1) is 0 Å². The Morgan fingerprint density at radius 2 is 2.04 bits per heavy atom. The second-order valence-electron chi connectivity index (χ2n) is 6.38. The molecular formula is C22H16N4O2. The number of hydrogen-bond donors (Lipinski definition) is 2. The number of carboxylic acids is 1. The highest BCUT2D eigenvalue weighted by Crippen LogP contribution is 2.28. The number of para-hydroxylation sites is 2. The molecule has 0 unspecified atom stereocenters. The third kappa shape index (κ3) is 3.06. The van der Waals surface area contributed by atoms with E-state index in [0.29, 0.717) is 11.2 Å². The quantitative estimate of drug-likeness (QED) is 0.517. The Balaban J connectivity index is 1.87. The highest BCUT2D eigenvalue weighted by Gasteiger charge is 2.15. The molecule has 4 aromatic rings. The molecule has 28 heavy (non-hydrogen) atoms. The van der Waals surface area contributed by atoms with Crippen LogP contribution in [0.5, 0.6) is 0 Å². The Labute approximate surface area is 161 Å². The van der Waals surface area contributed by atoms with Crippen LogP contribution in [0.25, 0.3) is 22.8 Å². The number of aliphatic carboxylic acids is 1. The zero-order chi connectivity index (χ0) is 19.7. The van der Waals surface area contributed by atoms with Gasteiger partial charge < -0.3 is 10.4 Å². The highest BCUT2D eigenvalue weighted by atomic mass is 16.4. The summed E-state index contributed by atoms with van der Waals surface area (Å²) >= 11 is 0. The monoisotopic (exact) mass is 368 g/mol. The first-order valence-electron chi connectivity index (χ1n) is 8.66. The summed E-state index contributed by atoms with van der Waals surface area (Å²) in [5, 5.41) is 21.8. The summed E-state index contributed by atoms with van der Waals surface area (Å²) < 4.78 is 1.93. The second kappa shape index (κ2) is 6.89. The number of aromatic nitrogens is 2. The number of nitriles is 1. The summed E-state index contributed by atoms with van der Waals surface area (Å²) in [6.45, 7) is 1.88. The van der Waals surface area contributed by atoms with Crippen LogP contribution in [-0.2, 0) is 4.79 Å². The van der Waals surface area contributed by atoms with E-state index in [9.17, 15) is 10.1 Å². The lowest BCUT2D eigenvalue weighted by Crippen LogP contribution is -2.02. The summed E-state index contributed by atoms with van der Waals surface area (Å²) in [5.74, 6) is -0.216. The van der Waals surface area contributed by atoms with Gasteiger partial charge in [0.1, 0.15) is 11.9 Å². The largest absolute Gasteiger partial charge is 0.478 e. The number of rotatable bonds is 4. The standard InChI is InChI=1S/C22H16N4O2/c1-14-11-20(24-16-6-4-5-15(12-16)9-10-21(27)28)26-19-8-3-2-7-18(19)25-22(26)17(14)13-23/h2-12,24H,1H3,(H,27,28)/b10-9-. The van der Waals surface area contributed by atoms with Gasteiger partial charge in [-0.25, -0.2) is 9.78 Å². The second-order valence-corrected chi connectivity index (χ2v) is 6.38. The van der Waals surface area contributed by atoms with Gasteiger partial charge in [-0.05, 0) is 54.5 Å². The maximum absolute atomic E-state index is 10.7. The number of carbonyl (C=O) groups is 1. The molecule has 2 heterocycles. The van der Waals surface area contributed by atoms with Crippen molar-refractivity contribution in [1.82, 2.24) is 9.38 Å². The molecule has 0 bridgehead atoms. The van der Waals surface area contributed by atoms with Crippen LogP contribution >= 0.6 is 0 Å². The minimum atomic E-state index is -0.993. The predicted octanol–water partition coefficient (Wildman–Crippen LogP) is 4.51. The number of aryl methyl sites for hydroxylation is 1. The summed E-state index contributed by atoms with van der Waals surface area (Å²) in [6, 6.07) is 19.3. The third-order valence-electron chi connectivity index (χ3n) is 4.46. The van der Waals surface area contributed by atoms with Gasteiger partial charge >= 0.3 is 5.97 Å². The maximum atomic E-state index is 10.7. The number of carboxylic acid groups (broad SMARTS) is 1. The Kier molecular flexibility index (Phi) is 4.26. The minimum absolute atomic E-state index is 0.542. The van der Waals surface area contributed by atoms with Gasteiger partial charge in [0.2, 0.25) is 0 Å². The summed E-state index contributed by atoms with van der Waals surface area (Å²) in [7, 11) is 0. The fourth-order valence-corrected chi connectivity index (χ4v) is 3.22. The molecule has 0 aliphatic heterocycles. The molecule has 6 heteroatoms. The molecule has 0 radical (unpaired) electrons. The number of nitrogens with one attached hydrogen (secondary N) is 1. The average Bonchev–Trinajstić information content (AvgIpc) is 3.06. The highest BCUT2D eigenvalue weighted by molar-refractivity contribution is 5.87. The van der Waals surface area contributed by atoms with Crippen LogP contribution in [0, 0.1) is 18.3 Å². The van der Waals surface area contributed by atoms with Crippen molar-refractivity contribution in [2.45, 2.75) is 6.92 Å².